The maximum absolute atomic E-state index is 12.4. The molecular weight excluding hydrogens is 288 g/mol. The summed E-state index contributed by atoms with van der Waals surface area (Å²) in [7, 11) is 3.96. The first-order valence-electron chi connectivity index (χ1n) is 7.24. The highest BCUT2D eigenvalue weighted by molar-refractivity contribution is 6.29. The van der Waals surface area contributed by atoms with E-state index in [9.17, 15) is 4.79 Å². The third-order valence-corrected chi connectivity index (χ3v) is 4.62. The zero-order valence-corrected chi connectivity index (χ0v) is 13.4. The standard InChI is InChI=1S/C15H21ClN4O/c1-15-6-10(17-11(15)7-15)14(21)19-13-9(8-20(2)3)4-5-12(16)18-13/h4-5,10-11,17H,6-8H2,1-3H3,(H,18,19,21). The topological polar surface area (TPSA) is 57.3 Å². The van der Waals surface area contributed by atoms with Gasteiger partial charge >= 0.3 is 0 Å². The van der Waals surface area contributed by atoms with Crippen LogP contribution in [0.3, 0.4) is 0 Å². The van der Waals surface area contributed by atoms with Crippen molar-refractivity contribution in [2.24, 2.45) is 5.41 Å². The number of amides is 1. The highest BCUT2D eigenvalue weighted by Crippen LogP contribution is 2.53. The third kappa shape index (κ3) is 3.05. The largest absolute Gasteiger partial charge is 0.309 e. The zero-order chi connectivity index (χ0) is 15.2. The fourth-order valence-corrected chi connectivity index (χ4v) is 3.22. The van der Waals surface area contributed by atoms with E-state index in [1.807, 2.05) is 25.1 Å². The minimum absolute atomic E-state index is 0.0156. The van der Waals surface area contributed by atoms with E-state index < -0.39 is 0 Å². The molecule has 1 aromatic heterocycles. The number of anilines is 1. The second kappa shape index (κ2) is 5.23. The van der Waals surface area contributed by atoms with Gasteiger partial charge in [-0.3, -0.25) is 4.79 Å². The van der Waals surface area contributed by atoms with Crippen LogP contribution in [0.5, 0.6) is 0 Å². The fourth-order valence-electron chi connectivity index (χ4n) is 3.07. The number of piperidine rings is 1. The molecule has 3 unspecified atom stereocenters. The van der Waals surface area contributed by atoms with Gasteiger partial charge in [0.2, 0.25) is 5.91 Å². The molecule has 2 heterocycles. The van der Waals surface area contributed by atoms with E-state index in [2.05, 4.69) is 22.5 Å². The Morgan fingerprint density at radius 1 is 1.52 bits per heavy atom. The molecule has 1 saturated carbocycles. The molecule has 2 aliphatic rings. The Labute approximate surface area is 130 Å². The van der Waals surface area contributed by atoms with E-state index in [-0.39, 0.29) is 11.9 Å². The van der Waals surface area contributed by atoms with E-state index >= 15 is 0 Å². The van der Waals surface area contributed by atoms with Crippen LogP contribution in [0.15, 0.2) is 12.1 Å². The molecule has 2 fully saturated rings. The van der Waals surface area contributed by atoms with Crippen LogP contribution in [0.2, 0.25) is 5.15 Å². The van der Waals surface area contributed by atoms with Crippen molar-refractivity contribution in [1.82, 2.24) is 15.2 Å². The Morgan fingerprint density at radius 2 is 2.29 bits per heavy atom. The normalized spacial score (nSPS) is 30.3. The molecule has 1 aliphatic carbocycles. The van der Waals surface area contributed by atoms with Gasteiger partial charge in [0.25, 0.3) is 0 Å². The predicted molar refractivity (Wildman–Crippen MR) is 83.3 cm³/mol. The average molecular weight is 309 g/mol. The molecule has 1 aliphatic heterocycles. The summed E-state index contributed by atoms with van der Waals surface area (Å²) in [4.78, 5) is 18.7. The number of rotatable bonds is 4. The van der Waals surface area contributed by atoms with Crippen molar-refractivity contribution in [2.75, 3.05) is 19.4 Å². The van der Waals surface area contributed by atoms with Crippen molar-refractivity contribution in [2.45, 2.75) is 38.4 Å². The lowest BCUT2D eigenvalue weighted by Crippen LogP contribution is -2.38. The summed E-state index contributed by atoms with van der Waals surface area (Å²) < 4.78 is 0. The summed E-state index contributed by atoms with van der Waals surface area (Å²) >= 11 is 5.96. The molecule has 3 rings (SSSR count). The van der Waals surface area contributed by atoms with Crippen molar-refractivity contribution in [3.8, 4) is 0 Å². The number of pyridine rings is 1. The summed E-state index contributed by atoms with van der Waals surface area (Å²) in [6.07, 6.45) is 2.07. The van der Waals surface area contributed by atoms with Gasteiger partial charge in [0.15, 0.2) is 0 Å². The van der Waals surface area contributed by atoms with Crippen LogP contribution in [0.1, 0.15) is 25.3 Å². The van der Waals surface area contributed by atoms with Crippen LogP contribution in [0.4, 0.5) is 5.82 Å². The molecule has 5 nitrogen and oxygen atoms in total. The number of hydrogen-bond acceptors (Lipinski definition) is 4. The van der Waals surface area contributed by atoms with Crippen LogP contribution in [0.25, 0.3) is 0 Å². The Morgan fingerprint density at radius 3 is 2.90 bits per heavy atom. The van der Waals surface area contributed by atoms with Gasteiger partial charge in [-0.1, -0.05) is 24.6 Å². The van der Waals surface area contributed by atoms with E-state index in [1.165, 1.54) is 6.42 Å². The number of nitrogens with one attached hydrogen (secondary N) is 2. The molecule has 3 atom stereocenters. The van der Waals surface area contributed by atoms with E-state index in [1.54, 1.807) is 6.07 Å². The molecule has 2 N–H and O–H groups in total. The maximum Gasteiger partial charge on any atom is 0.242 e. The second-order valence-electron chi connectivity index (χ2n) is 6.70. The number of carbonyl (C=O) groups excluding carboxylic acids is 1. The molecule has 1 saturated heterocycles. The highest BCUT2D eigenvalue weighted by Gasteiger charge is 2.58. The number of halogens is 1. The Bertz CT molecular complexity index is 577. The molecule has 21 heavy (non-hydrogen) atoms. The lowest BCUT2D eigenvalue weighted by Gasteiger charge is -2.17. The van der Waals surface area contributed by atoms with Gasteiger partial charge in [0.1, 0.15) is 11.0 Å². The average Bonchev–Trinajstić information content (AvgIpc) is 2.90. The predicted octanol–water partition coefficient (Wildman–Crippen LogP) is 1.88. The lowest BCUT2D eigenvalue weighted by atomic mass is 10.0. The molecule has 6 heteroatoms. The van der Waals surface area contributed by atoms with Gasteiger partial charge in [-0.05, 0) is 38.4 Å². The summed E-state index contributed by atoms with van der Waals surface area (Å²) in [6.45, 7) is 2.94. The summed E-state index contributed by atoms with van der Waals surface area (Å²) in [6, 6.07) is 4.04. The van der Waals surface area contributed by atoms with E-state index in [0.29, 0.717) is 29.0 Å². The first-order valence-corrected chi connectivity index (χ1v) is 7.62. The maximum atomic E-state index is 12.4. The Balaban J connectivity index is 1.71. The third-order valence-electron chi connectivity index (χ3n) is 4.41. The van der Waals surface area contributed by atoms with Crippen LogP contribution in [-0.4, -0.2) is 42.0 Å². The second-order valence-corrected chi connectivity index (χ2v) is 7.09. The molecule has 0 radical (unpaired) electrons. The SMILES string of the molecule is CN(C)Cc1ccc(Cl)nc1NC(=O)C1CC2(C)CC2N1. The Hall–Kier alpha value is -1.17. The summed E-state index contributed by atoms with van der Waals surface area (Å²) in [5.74, 6) is 0.548. The highest BCUT2D eigenvalue weighted by atomic mass is 35.5. The molecule has 0 spiro atoms. The van der Waals surface area contributed by atoms with Crippen LogP contribution in [0, 0.1) is 5.41 Å². The number of carbonyl (C=O) groups is 1. The smallest absolute Gasteiger partial charge is 0.242 e. The molecule has 114 valence electrons. The zero-order valence-electron chi connectivity index (χ0n) is 12.6. The number of aromatic nitrogens is 1. The fraction of sp³-hybridized carbons (Fsp3) is 0.600. The monoisotopic (exact) mass is 308 g/mol. The lowest BCUT2D eigenvalue weighted by molar-refractivity contribution is -0.118. The van der Waals surface area contributed by atoms with Gasteiger partial charge in [-0.15, -0.1) is 0 Å². The molecule has 1 amide bonds. The van der Waals surface area contributed by atoms with E-state index in [4.69, 9.17) is 11.6 Å². The molecular formula is C15H21ClN4O. The van der Waals surface area contributed by atoms with Gasteiger partial charge in [0.05, 0.1) is 6.04 Å². The van der Waals surface area contributed by atoms with Crippen molar-refractivity contribution in [3.63, 3.8) is 0 Å². The molecule has 0 aromatic carbocycles. The van der Waals surface area contributed by atoms with Crippen LogP contribution in [-0.2, 0) is 11.3 Å². The number of hydrogen-bond donors (Lipinski definition) is 2. The quantitative estimate of drug-likeness (QED) is 0.834. The van der Waals surface area contributed by atoms with Gasteiger partial charge in [0, 0.05) is 18.2 Å². The van der Waals surface area contributed by atoms with Crippen molar-refractivity contribution in [1.29, 1.82) is 0 Å². The van der Waals surface area contributed by atoms with Gasteiger partial charge in [-0.25, -0.2) is 4.98 Å². The molecule has 0 bridgehead atoms. The van der Waals surface area contributed by atoms with E-state index in [0.717, 1.165) is 12.0 Å². The first kappa shape index (κ1) is 14.8. The molecule has 1 aromatic rings. The first-order chi connectivity index (χ1) is 9.87. The van der Waals surface area contributed by atoms with Crippen molar-refractivity contribution in [3.05, 3.63) is 22.8 Å². The minimum atomic E-state index is -0.123. The van der Waals surface area contributed by atoms with Crippen LogP contribution < -0.4 is 10.6 Å². The van der Waals surface area contributed by atoms with Crippen LogP contribution >= 0.6 is 11.6 Å². The Kier molecular flexibility index (Phi) is 3.67. The van der Waals surface area contributed by atoms with Crippen molar-refractivity contribution >= 4 is 23.3 Å². The minimum Gasteiger partial charge on any atom is -0.309 e. The summed E-state index contributed by atoms with van der Waals surface area (Å²) in [5, 5.41) is 6.70. The van der Waals surface area contributed by atoms with Crippen molar-refractivity contribution < 1.29 is 4.79 Å². The van der Waals surface area contributed by atoms with Gasteiger partial charge in [-0.2, -0.15) is 0 Å². The van der Waals surface area contributed by atoms with Gasteiger partial charge < -0.3 is 15.5 Å². The number of nitrogens with zero attached hydrogens (tertiary/aromatic N) is 2. The number of fused-ring (bicyclic) bond motifs is 1. The summed E-state index contributed by atoms with van der Waals surface area (Å²) in [5.41, 5.74) is 1.28.